The molecule has 0 bridgehead atoms. The fraction of sp³-hybridized carbons (Fsp3) is 0.174. The molecule has 0 atom stereocenters. The van der Waals surface area contributed by atoms with Crippen LogP contribution in [0.25, 0.3) is 45.5 Å². The van der Waals surface area contributed by atoms with E-state index >= 15 is 0 Å². The molecule has 0 N–H and O–H groups in total. The van der Waals surface area contributed by atoms with Gasteiger partial charge in [0.2, 0.25) is 0 Å². The van der Waals surface area contributed by atoms with E-state index in [2.05, 4.69) is 42.0 Å². The second-order valence-electron chi connectivity index (χ2n) is 17.0. The largest absolute Gasteiger partial charge is 0.252 e. The van der Waals surface area contributed by atoms with E-state index in [-0.39, 0.29) is 0 Å². The van der Waals surface area contributed by atoms with Gasteiger partial charge < -0.3 is 0 Å². The molecule has 0 radical (unpaired) electrons. The molecule has 72 heavy (non-hydrogen) atoms. The van der Waals surface area contributed by atoms with E-state index < -0.39 is 0 Å². The van der Waals surface area contributed by atoms with Crippen LogP contribution in [0.15, 0.2) is 87.3 Å². The van der Waals surface area contributed by atoms with Crippen LogP contribution in [-0.2, 0) is 0 Å². The molecular formula is C46H38N26. The van der Waals surface area contributed by atoms with E-state index in [1.165, 1.54) is 0 Å². The van der Waals surface area contributed by atoms with Gasteiger partial charge in [-0.15, -0.1) is 0 Å². The van der Waals surface area contributed by atoms with Gasteiger partial charge in [-0.05, 0) is 65.8 Å². The lowest BCUT2D eigenvalue weighted by Gasteiger charge is -2.22. The molecule has 0 spiro atoms. The highest BCUT2D eigenvalue weighted by molar-refractivity contribution is 5.76. The van der Waals surface area contributed by atoms with Gasteiger partial charge >= 0.3 is 0 Å². The molecule has 1 aliphatic rings. The molecule has 0 fully saturated rings. The Morgan fingerprint density at radius 3 is 0.667 bits per heavy atom. The van der Waals surface area contributed by atoms with E-state index in [4.69, 9.17) is 60.7 Å². The summed E-state index contributed by atoms with van der Waals surface area (Å²) in [4.78, 5) is 48.1. The Kier molecular flexibility index (Phi) is 9.16. The molecule has 0 amide bonds. The summed E-state index contributed by atoms with van der Waals surface area (Å²) in [5.74, 6) is 4.11. The Balaban J connectivity index is 1.50. The van der Waals surface area contributed by atoms with Crippen molar-refractivity contribution in [1.29, 1.82) is 0 Å². The first-order valence-electron chi connectivity index (χ1n) is 22.5. The second kappa shape index (κ2) is 15.7. The third-order valence-electron chi connectivity index (χ3n) is 12.1. The number of benzene rings is 3. The van der Waals surface area contributed by atoms with Crippen LogP contribution in [0.5, 0.6) is 0 Å². The summed E-state index contributed by atoms with van der Waals surface area (Å²) < 4.78 is 13.7. The Labute approximate surface area is 403 Å². The lowest BCUT2D eigenvalue weighted by Crippen LogP contribution is -2.18. The van der Waals surface area contributed by atoms with Crippen molar-refractivity contribution >= 4 is 0 Å². The zero-order valence-corrected chi connectivity index (χ0v) is 39.7. The predicted molar refractivity (Wildman–Crippen MR) is 249 cm³/mol. The van der Waals surface area contributed by atoms with Gasteiger partial charge in [-0.3, -0.25) is 9.97 Å². The first-order valence-corrected chi connectivity index (χ1v) is 22.5. The van der Waals surface area contributed by atoms with Crippen LogP contribution in [0.4, 0.5) is 0 Å². The zero-order chi connectivity index (χ0) is 49.1. The van der Waals surface area contributed by atoms with Gasteiger partial charge in [0.1, 0.15) is 143 Å². The maximum absolute atomic E-state index is 5.36. The zero-order valence-electron chi connectivity index (χ0n) is 39.7. The Morgan fingerprint density at radius 1 is 0.250 bits per heavy atom. The molecule has 12 aromatic rings. The number of fused-ring (bicyclic) bond motifs is 4. The fourth-order valence-corrected chi connectivity index (χ4v) is 9.39. The predicted octanol–water partition coefficient (Wildman–Crippen LogP) is 3.05. The lowest BCUT2D eigenvalue weighted by atomic mass is 9.98. The smallest absolute Gasteiger partial charge is 0.147 e. The average Bonchev–Trinajstić information content (AvgIpc) is 4.23. The minimum absolute atomic E-state index is 0.424. The SMILES string of the molecule is Cc1ncn(-c2c(-n3cnc(C)n3)c(-n3cnc(C)n3)c3c(c2-n2cnc(C)n2)=c2ccccc2=c2c(-n4cnc(C)n4)c(-n4cnc(C)n4)c(-n4cnc(C)n4)c(-n4cnc(C)n4)c2=c2nccnc2=3)n1. The number of aryl methyl sites for hydroxylation is 8. The van der Waals surface area contributed by atoms with Gasteiger partial charge in [0.05, 0.1) is 10.7 Å². The van der Waals surface area contributed by atoms with Gasteiger partial charge in [-0.25, -0.2) is 77.3 Å². The van der Waals surface area contributed by atoms with E-state index in [1.807, 2.05) is 67.5 Å². The van der Waals surface area contributed by atoms with E-state index in [9.17, 15) is 0 Å². The van der Waals surface area contributed by atoms with E-state index in [0.717, 1.165) is 10.4 Å². The Bertz CT molecular complexity index is 4020. The van der Waals surface area contributed by atoms with Crippen LogP contribution in [-0.4, -0.2) is 128 Å². The van der Waals surface area contributed by atoms with Gasteiger partial charge in [0, 0.05) is 33.3 Å². The Morgan fingerprint density at radius 2 is 0.458 bits per heavy atom. The summed E-state index contributed by atoms with van der Waals surface area (Å²) in [7, 11) is 0. The molecule has 1 aliphatic carbocycles. The fourth-order valence-electron chi connectivity index (χ4n) is 9.39. The van der Waals surface area contributed by atoms with Crippen molar-refractivity contribution in [3.05, 3.63) is 176 Å². The first-order chi connectivity index (χ1) is 35.0. The third kappa shape index (κ3) is 6.41. The molecule has 13 rings (SSSR count). The molecule has 0 unspecified atom stereocenters. The minimum Gasteiger partial charge on any atom is -0.252 e. The summed E-state index contributed by atoms with van der Waals surface area (Å²) in [5.41, 5.74) is 4.09. The van der Waals surface area contributed by atoms with Gasteiger partial charge in [0.15, 0.2) is 0 Å². The quantitative estimate of drug-likeness (QED) is 0.212. The monoisotopic (exact) mass is 954 g/mol. The third-order valence-corrected chi connectivity index (χ3v) is 12.1. The standard InChI is InChI=1S/C46H38N26/c1-23-49-15-65(57-23)39-33-31-11-9-10-12-32(31)34-36(42(68-18-52-26(4)60-68)46(72-22-56-30(8)64-72)44(70-20-54-28(6)62-70)40(34)66-16-50-24(2)58-66)38-37(47-13-14-48-38)35(33)41(67-17-51-25(3)59-67)45(71-21-55-29(7)63-71)43(39)69-19-53-27(5)61-69/h9-22H,1-8H3. The average molecular weight is 955 g/mol. The van der Waals surface area contributed by atoms with Crippen LogP contribution in [0.3, 0.4) is 0 Å². The normalized spacial score (nSPS) is 11.9. The number of hydrogen-bond donors (Lipinski definition) is 0. The van der Waals surface area contributed by atoms with Gasteiger partial charge in [0.25, 0.3) is 0 Å². The summed E-state index contributed by atoms with van der Waals surface area (Å²) >= 11 is 0. The van der Waals surface area contributed by atoms with Gasteiger partial charge in [-0.2, -0.15) is 40.8 Å². The van der Waals surface area contributed by atoms with Crippen molar-refractivity contribution in [2.24, 2.45) is 0 Å². The molecule has 9 aromatic heterocycles. The highest BCUT2D eigenvalue weighted by Gasteiger charge is 2.31. The summed E-state index contributed by atoms with van der Waals surface area (Å²) in [6.07, 6.45) is 16.6. The minimum atomic E-state index is 0.424. The first kappa shape index (κ1) is 42.0. The molecule has 9 heterocycles. The number of nitrogens with zero attached hydrogens (tertiary/aromatic N) is 26. The highest BCUT2D eigenvalue weighted by atomic mass is 15.4. The van der Waals surface area contributed by atoms with Crippen molar-refractivity contribution in [3.63, 3.8) is 0 Å². The topological polar surface area (TPSA) is 271 Å². The van der Waals surface area contributed by atoms with Crippen LogP contribution in [0.1, 0.15) is 46.6 Å². The maximum Gasteiger partial charge on any atom is 0.147 e. The van der Waals surface area contributed by atoms with Gasteiger partial charge in [-0.1, -0.05) is 24.3 Å². The lowest BCUT2D eigenvalue weighted by molar-refractivity contribution is 0.754. The number of rotatable bonds is 8. The number of hydrogen-bond acceptors (Lipinski definition) is 18. The summed E-state index contributed by atoms with van der Waals surface area (Å²) in [5, 5.41) is 44.7. The Hall–Kier alpha value is -10.1. The van der Waals surface area contributed by atoms with E-state index in [1.54, 1.807) is 100 Å². The molecule has 352 valence electrons. The second-order valence-corrected chi connectivity index (χ2v) is 17.0. The van der Waals surface area contributed by atoms with Crippen molar-refractivity contribution in [2.45, 2.75) is 55.4 Å². The molecule has 0 saturated heterocycles. The number of aromatic nitrogens is 26. The molecular weight excluding hydrogens is 917 g/mol. The summed E-state index contributed by atoms with van der Waals surface area (Å²) in [6.45, 7) is 14.6. The van der Waals surface area contributed by atoms with E-state index in [0.29, 0.717) is 124 Å². The maximum atomic E-state index is 5.36. The molecule has 26 nitrogen and oxygen atoms in total. The van der Waals surface area contributed by atoms with Crippen molar-refractivity contribution < 1.29 is 0 Å². The van der Waals surface area contributed by atoms with Crippen LogP contribution < -0.4 is 0 Å². The highest BCUT2D eigenvalue weighted by Crippen LogP contribution is 2.38. The van der Waals surface area contributed by atoms with Crippen molar-refractivity contribution in [3.8, 4) is 45.5 Å². The van der Waals surface area contributed by atoms with Crippen LogP contribution >= 0.6 is 0 Å². The molecule has 3 aromatic carbocycles. The van der Waals surface area contributed by atoms with Crippen molar-refractivity contribution in [2.75, 3.05) is 0 Å². The molecule has 0 aliphatic heterocycles. The molecule has 26 heteroatoms. The summed E-state index contributed by atoms with van der Waals surface area (Å²) in [6, 6.07) is 8.09. The van der Waals surface area contributed by atoms with Crippen LogP contribution in [0, 0.1) is 97.4 Å². The van der Waals surface area contributed by atoms with Crippen molar-refractivity contribution in [1.82, 2.24) is 128 Å². The van der Waals surface area contributed by atoms with Crippen LogP contribution in [0.2, 0.25) is 0 Å². The molecule has 0 saturated carbocycles.